The molecule has 8 atom stereocenters. The fraction of sp³-hybridized carbons (Fsp3) is 1.00. The first kappa shape index (κ1) is 20.3. The van der Waals surface area contributed by atoms with Gasteiger partial charge in [0.1, 0.15) is 0 Å². The molecule has 4 rings (SSSR count). The van der Waals surface area contributed by atoms with Crippen molar-refractivity contribution >= 4 is 0 Å². The molecule has 0 nitrogen and oxygen atoms in total. The number of fused-ring (bicyclic) bond motifs is 5. The van der Waals surface area contributed by atoms with Crippen LogP contribution in [-0.4, -0.2) is 0 Å². The molecule has 0 N–H and O–H groups in total. The van der Waals surface area contributed by atoms with Gasteiger partial charge in [-0.05, 0) is 111 Å². The third-order valence-electron chi connectivity index (χ3n) is 11.0. The third-order valence-corrected chi connectivity index (χ3v) is 11.0. The van der Waals surface area contributed by atoms with Gasteiger partial charge in [0.2, 0.25) is 0 Å². The normalized spacial score (nSPS) is 49.3. The van der Waals surface area contributed by atoms with Crippen LogP contribution in [0.3, 0.4) is 0 Å². The maximum absolute atomic E-state index is 2.75. The van der Waals surface area contributed by atoms with Gasteiger partial charge in [0.05, 0.1) is 0 Å². The smallest absolute Gasteiger partial charge is 0.0266 e. The van der Waals surface area contributed by atoms with Crippen LogP contribution in [0, 0.1) is 46.3 Å². The summed E-state index contributed by atoms with van der Waals surface area (Å²) in [6, 6.07) is 0. The summed E-state index contributed by atoms with van der Waals surface area (Å²) in [5, 5.41) is 0. The summed E-state index contributed by atoms with van der Waals surface area (Å²) in [5.41, 5.74) is 1.41. The van der Waals surface area contributed by atoms with E-state index in [0.29, 0.717) is 10.8 Å². The highest BCUT2D eigenvalue weighted by Gasteiger charge is 2.59. The summed E-state index contributed by atoms with van der Waals surface area (Å²) >= 11 is 0. The largest absolute Gasteiger partial charge is 0.0654 e. The van der Waals surface area contributed by atoms with Crippen molar-refractivity contribution in [3.63, 3.8) is 0 Å². The van der Waals surface area contributed by atoms with E-state index in [-0.39, 0.29) is 0 Å². The van der Waals surface area contributed by atoms with Crippen molar-refractivity contribution in [2.45, 2.75) is 124 Å². The fourth-order valence-electron chi connectivity index (χ4n) is 9.12. The zero-order valence-corrected chi connectivity index (χ0v) is 19.1. The summed E-state index contributed by atoms with van der Waals surface area (Å²) in [6.45, 7) is 10.3. The molecular weight excluding hydrogens is 324 g/mol. The zero-order chi connectivity index (χ0) is 19.1. The molecule has 0 amide bonds. The topological polar surface area (TPSA) is 0 Å². The lowest BCUT2D eigenvalue weighted by Gasteiger charge is -2.61. The van der Waals surface area contributed by atoms with Crippen molar-refractivity contribution < 1.29 is 0 Å². The quantitative estimate of drug-likeness (QED) is 0.409. The summed E-state index contributed by atoms with van der Waals surface area (Å²) in [4.78, 5) is 0. The van der Waals surface area contributed by atoms with Gasteiger partial charge in [-0.2, -0.15) is 0 Å². The molecule has 27 heavy (non-hydrogen) atoms. The van der Waals surface area contributed by atoms with Gasteiger partial charge in [0.25, 0.3) is 0 Å². The lowest BCUT2D eigenvalue weighted by atomic mass is 9.44. The number of hydrogen-bond donors (Lipinski definition) is 0. The van der Waals surface area contributed by atoms with Gasteiger partial charge < -0.3 is 0 Å². The van der Waals surface area contributed by atoms with E-state index in [2.05, 4.69) is 27.7 Å². The highest BCUT2D eigenvalue weighted by Crippen LogP contribution is 2.68. The predicted molar refractivity (Wildman–Crippen MR) is 118 cm³/mol. The predicted octanol–water partition coefficient (Wildman–Crippen LogP) is 8.64. The Labute approximate surface area is 170 Å². The first-order chi connectivity index (χ1) is 13.0. The molecule has 0 radical (unpaired) electrons. The maximum Gasteiger partial charge on any atom is -0.0266 e. The zero-order valence-electron chi connectivity index (χ0n) is 19.1. The van der Waals surface area contributed by atoms with Crippen molar-refractivity contribution in [3.05, 3.63) is 0 Å². The van der Waals surface area contributed by atoms with Crippen molar-refractivity contribution in [2.75, 3.05) is 0 Å². The van der Waals surface area contributed by atoms with E-state index >= 15 is 0 Å². The Kier molecular flexibility index (Phi) is 6.03. The van der Waals surface area contributed by atoms with Crippen molar-refractivity contribution in [1.82, 2.24) is 0 Å². The standard InChI is InChI=1S/C27H48/c1-5-7-8-9-10-21-12-14-24-23-13-11-22-19-20(6-2)15-17-27(22,4)25(23)16-18-26(21,24)3/h20-25H,5-19H2,1-4H3. The van der Waals surface area contributed by atoms with E-state index in [9.17, 15) is 0 Å². The molecule has 0 aromatic heterocycles. The second kappa shape index (κ2) is 8.02. The SMILES string of the molecule is CCCCCCC1CCC2C3CCC4CC(CC)CCC4(C)C3CCC12C. The third kappa shape index (κ3) is 3.44. The van der Waals surface area contributed by atoms with E-state index in [1.807, 2.05) is 0 Å². The van der Waals surface area contributed by atoms with Crippen LogP contribution in [0.4, 0.5) is 0 Å². The molecule has 0 aromatic carbocycles. The minimum absolute atomic E-state index is 0.704. The summed E-state index contributed by atoms with van der Waals surface area (Å²) in [6.07, 6.45) is 22.9. The Balaban J connectivity index is 1.44. The van der Waals surface area contributed by atoms with Crippen LogP contribution >= 0.6 is 0 Å². The molecule has 156 valence electrons. The van der Waals surface area contributed by atoms with Gasteiger partial charge in [0, 0.05) is 0 Å². The van der Waals surface area contributed by atoms with Crippen molar-refractivity contribution in [2.24, 2.45) is 46.3 Å². The molecule has 0 spiro atoms. The molecule has 0 saturated heterocycles. The second-order valence-electron chi connectivity index (χ2n) is 11.9. The van der Waals surface area contributed by atoms with Crippen LogP contribution in [0.5, 0.6) is 0 Å². The van der Waals surface area contributed by atoms with Gasteiger partial charge in [-0.15, -0.1) is 0 Å². The minimum Gasteiger partial charge on any atom is -0.0654 e. The number of rotatable bonds is 6. The Hall–Kier alpha value is 0. The summed E-state index contributed by atoms with van der Waals surface area (Å²) in [7, 11) is 0. The molecule has 4 fully saturated rings. The van der Waals surface area contributed by atoms with Crippen LogP contribution in [0.15, 0.2) is 0 Å². The molecule has 0 aliphatic heterocycles. The average molecular weight is 373 g/mol. The average Bonchev–Trinajstić information content (AvgIpc) is 3.01. The molecule has 4 aliphatic rings. The monoisotopic (exact) mass is 372 g/mol. The van der Waals surface area contributed by atoms with Crippen LogP contribution in [-0.2, 0) is 0 Å². The van der Waals surface area contributed by atoms with Gasteiger partial charge in [-0.3, -0.25) is 0 Å². The number of unbranched alkanes of at least 4 members (excludes halogenated alkanes) is 3. The summed E-state index contributed by atoms with van der Waals surface area (Å²) in [5.74, 6) is 6.41. The lowest BCUT2D eigenvalue weighted by molar-refractivity contribution is -0.118. The van der Waals surface area contributed by atoms with Crippen molar-refractivity contribution in [3.8, 4) is 0 Å². The summed E-state index contributed by atoms with van der Waals surface area (Å²) < 4.78 is 0. The molecule has 8 unspecified atom stereocenters. The second-order valence-corrected chi connectivity index (χ2v) is 11.9. The van der Waals surface area contributed by atoms with Crippen LogP contribution in [0.25, 0.3) is 0 Å². The molecule has 0 aromatic rings. The van der Waals surface area contributed by atoms with Crippen molar-refractivity contribution in [1.29, 1.82) is 0 Å². The minimum atomic E-state index is 0.704. The van der Waals surface area contributed by atoms with E-state index in [4.69, 9.17) is 0 Å². The molecule has 0 bridgehead atoms. The molecule has 0 heterocycles. The van der Waals surface area contributed by atoms with E-state index in [1.54, 1.807) is 57.8 Å². The Bertz CT molecular complexity index is 494. The fourth-order valence-corrected chi connectivity index (χ4v) is 9.12. The Morgan fingerprint density at radius 3 is 2.30 bits per heavy atom. The first-order valence-electron chi connectivity index (χ1n) is 13.0. The van der Waals surface area contributed by atoms with Gasteiger partial charge in [0.15, 0.2) is 0 Å². The van der Waals surface area contributed by atoms with E-state index in [1.165, 1.54) is 38.5 Å². The van der Waals surface area contributed by atoms with Gasteiger partial charge in [-0.1, -0.05) is 59.8 Å². The molecular formula is C27H48. The van der Waals surface area contributed by atoms with Gasteiger partial charge in [-0.25, -0.2) is 0 Å². The van der Waals surface area contributed by atoms with Crippen LogP contribution in [0.2, 0.25) is 0 Å². The highest BCUT2D eigenvalue weighted by molar-refractivity contribution is 5.09. The first-order valence-corrected chi connectivity index (χ1v) is 13.0. The maximum atomic E-state index is 2.75. The lowest BCUT2D eigenvalue weighted by Crippen LogP contribution is -2.53. The Morgan fingerprint density at radius 2 is 1.52 bits per heavy atom. The van der Waals surface area contributed by atoms with E-state index in [0.717, 1.165) is 35.5 Å². The van der Waals surface area contributed by atoms with Crippen LogP contribution in [0.1, 0.15) is 124 Å². The van der Waals surface area contributed by atoms with Crippen LogP contribution < -0.4 is 0 Å². The Morgan fingerprint density at radius 1 is 0.741 bits per heavy atom. The highest BCUT2D eigenvalue weighted by atomic mass is 14.6. The molecule has 4 aliphatic carbocycles. The van der Waals surface area contributed by atoms with E-state index < -0.39 is 0 Å². The molecule has 0 heteroatoms. The molecule has 4 saturated carbocycles. The van der Waals surface area contributed by atoms with Gasteiger partial charge >= 0.3 is 0 Å². The number of hydrogen-bond acceptors (Lipinski definition) is 0.